The van der Waals surface area contributed by atoms with Crippen LogP contribution in [0.2, 0.25) is 5.22 Å². The summed E-state index contributed by atoms with van der Waals surface area (Å²) in [6, 6.07) is 1.51. The summed E-state index contributed by atoms with van der Waals surface area (Å²) in [5.41, 5.74) is 0.310. The number of furan rings is 1. The van der Waals surface area contributed by atoms with Crippen LogP contribution in [0.1, 0.15) is 10.4 Å². The third kappa shape index (κ3) is 2.68. The summed E-state index contributed by atoms with van der Waals surface area (Å²) in [7, 11) is -3.19. The molecule has 0 aliphatic carbocycles. The van der Waals surface area contributed by atoms with Crippen LogP contribution in [0.4, 0.5) is 0 Å². The number of piperazine rings is 1. The Morgan fingerprint density at radius 3 is 2.39 bits per heavy atom. The predicted octanol–water partition coefficient (Wildman–Crippen LogP) is 0.650. The number of carbonyl (C=O) groups is 1. The average molecular weight is 293 g/mol. The van der Waals surface area contributed by atoms with E-state index in [1.807, 2.05) is 0 Å². The molecule has 2 heterocycles. The van der Waals surface area contributed by atoms with E-state index < -0.39 is 10.0 Å². The zero-order valence-electron chi connectivity index (χ0n) is 9.80. The van der Waals surface area contributed by atoms with Crippen LogP contribution in [0.5, 0.6) is 0 Å². The van der Waals surface area contributed by atoms with Crippen LogP contribution < -0.4 is 0 Å². The zero-order valence-corrected chi connectivity index (χ0v) is 11.4. The number of hydrogen-bond acceptors (Lipinski definition) is 4. The van der Waals surface area contributed by atoms with Crippen molar-refractivity contribution in [1.29, 1.82) is 0 Å². The molecule has 0 saturated carbocycles. The molecule has 0 spiro atoms. The quantitative estimate of drug-likeness (QED) is 0.802. The van der Waals surface area contributed by atoms with Gasteiger partial charge in [0.1, 0.15) is 0 Å². The van der Waals surface area contributed by atoms with Gasteiger partial charge in [0.15, 0.2) is 0 Å². The number of amides is 1. The number of sulfonamides is 1. The first-order chi connectivity index (χ1) is 8.39. The highest BCUT2D eigenvalue weighted by molar-refractivity contribution is 7.88. The SMILES string of the molecule is CS(=O)(=O)N1CCN(C(=O)c2ccoc2Cl)CC1. The van der Waals surface area contributed by atoms with Gasteiger partial charge in [-0.15, -0.1) is 0 Å². The van der Waals surface area contributed by atoms with E-state index in [1.54, 1.807) is 4.90 Å². The predicted molar refractivity (Wildman–Crippen MR) is 66.0 cm³/mol. The van der Waals surface area contributed by atoms with Gasteiger partial charge in [-0.05, 0) is 17.7 Å². The van der Waals surface area contributed by atoms with Crippen molar-refractivity contribution >= 4 is 27.5 Å². The van der Waals surface area contributed by atoms with E-state index in [0.29, 0.717) is 31.7 Å². The Kier molecular flexibility index (Phi) is 3.65. The minimum atomic E-state index is -3.19. The fourth-order valence-corrected chi connectivity index (χ4v) is 2.86. The Balaban J connectivity index is 2.03. The third-order valence-electron chi connectivity index (χ3n) is 2.84. The largest absolute Gasteiger partial charge is 0.452 e. The van der Waals surface area contributed by atoms with E-state index >= 15 is 0 Å². The van der Waals surface area contributed by atoms with Gasteiger partial charge in [0, 0.05) is 26.2 Å². The highest BCUT2D eigenvalue weighted by atomic mass is 35.5. The van der Waals surface area contributed by atoms with E-state index in [0.717, 1.165) is 6.26 Å². The molecule has 1 aliphatic heterocycles. The Bertz CT molecular complexity index is 546. The number of carbonyl (C=O) groups excluding carboxylic acids is 1. The maximum absolute atomic E-state index is 12.1. The molecule has 1 amide bonds. The molecule has 0 atom stereocenters. The Morgan fingerprint density at radius 1 is 1.33 bits per heavy atom. The fourth-order valence-electron chi connectivity index (χ4n) is 1.84. The van der Waals surface area contributed by atoms with Crippen LogP contribution in [-0.4, -0.2) is 56.0 Å². The van der Waals surface area contributed by atoms with Crippen LogP contribution >= 0.6 is 11.6 Å². The molecular formula is C10H13ClN2O4S. The van der Waals surface area contributed by atoms with Gasteiger partial charge >= 0.3 is 0 Å². The second kappa shape index (κ2) is 4.91. The number of hydrogen-bond donors (Lipinski definition) is 0. The monoisotopic (exact) mass is 292 g/mol. The molecule has 6 nitrogen and oxygen atoms in total. The van der Waals surface area contributed by atoms with Crippen LogP contribution in [0, 0.1) is 0 Å². The first-order valence-corrected chi connectivity index (χ1v) is 7.59. The van der Waals surface area contributed by atoms with Crippen molar-refractivity contribution in [2.75, 3.05) is 32.4 Å². The zero-order chi connectivity index (χ0) is 13.3. The Morgan fingerprint density at radius 2 is 1.94 bits per heavy atom. The van der Waals surface area contributed by atoms with E-state index in [4.69, 9.17) is 16.0 Å². The van der Waals surface area contributed by atoms with Gasteiger partial charge in [-0.25, -0.2) is 8.42 Å². The van der Waals surface area contributed by atoms with Crippen molar-refractivity contribution in [3.8, 4) is 0 Å². The molecule has 1 aromatic heterocycles. The molecule has 1 aromatic rings. The van der Waals surface area contributed by atoms with Crippen molar-refractivity contribution in [1.82, 2.24) is 9.21 Å². The molecule has 1 aliphatic rings. The first-order valence-electron chi connectivity index (χ1n) is 5.37. The van der Waals surface area contributed by atoms with Crippen molar-refractivity contribution in [2.24, 2.45) is 0 Å². The maximum Gasteiger partial charge on any atom is 0.258 e. The lowest BCUT2D eigenvalue weighted by Crippen LogP contribution is -2.50. The van der Waals surface area contributed by atoms with Crippen molar-refractivity contribution in [3.05, 3.63) is 23.1 Å². The van der Waals surface area contributed by atoms with Crippen LogP contribution in [0.25, 0.3) is 0 Å². The standard InChI is InChI=1S/C10H13ClN2O4S/c1-18(15,16)13-5-3-12(4-6-13)10(14)8-2-7-17-9(8)11/h2,7H,3-6H2,1H3. The summed E-state index contributed by atoms with van der Waals surface area (Å²) in [5.74, 6) is -0.234. The third-order valence-corrected chi connectivity index (χ3v) is 4.44. The number of rotatable bonds is 2. The van der Waals surface area contributed by atoms with E-state index in [1.165, 1.54) is 16.6 Å². The average Bonchev–Trinajstić information content (AvgIpc) is 2.73. The van der Waals surface area contributed by atoms with E-state index in [9.17, 15) is 13.2 Å². The van der Waals surface area contributed by atoms with Gasteiger partial charge in [-0.3, -0.25) is 4.79 Å². The van der Waals surface area contributed by atoms with Crippen LogP contribution in [0.15, 0.2) is 16.7 Å². The molecule has 0 unspecified atom stereocenters. The van der Waals surface area contributed by atoms with Crippen molar-refractivity contribution < 1.29 is 17.6 Å². The summed E-state index contributed by atoms with van der Waals surface area (Å²) in [6.07, 6.45) is 2.51. The topological polar surface area (TPSA) is 70.8 Å². The molecular weight excluding hydrogens is 280 g/mol. The lowest BCUT2D eigenvalue weighted by atomic mass is 10.2. The van der Waals surface area contributed by atoms with Gasteiger partial charge in [-0.2, -0.15) is 4.31 Å². The van der Waals surface area contributed by atoms with Crippen molar-refractivity contribution in [2.45, 2.75) is 0 Å². The smallest absolute Gasteiger partial charge is 0.258 e. The molecule has 1 saturated heterocycles. The second-order valence-corrected chi connectivity index (χ2v) is 6.39. The summed E-state index contributed by atoms with van der Waals surface area (Å²) < 4.78 is 28.9. The van der Waals surface area contributed by atoms with Gasteiger partial charge in [0.2, 0.25) is 15.2 Å². The van der Waals surface area contributed by atoms with Gasteiger partial charge < -0.3 is 9.32 Å². The Hall–Kier alpha value is -1.05. The van der Waals surface area contributed by atoms with Gasteiger partial charge in [-0.1, -0.05) is 0 Å². The van der Waals surface area contributed by atoms with Crippen LogP contribution in [0.3, 0.4) is 0 Å². The van der Waals surface area contributed by atoms with Crippen molar-refractivity contribution in [3.63, 3.8) is 0 Å². The summed E-state index contributed by atoms with van der Waals surface area (Å²) in [4.78, 5) is 13.6. The highest BCUT2D eigenvalue weighted by Gasteiger charge is 2.28. The lowest BCUT2D eigenvalue weighted by Gasteiger charge is -2.33. The molecule has 0 radical (unpaired) electrons. The fraction of sp³-hybridized carbons (Fsp3) is 0.500. The number of halogens is 1. The van der Waals surface area contributed by atoms with E-state index in [2.05, 4.69) is 0 Å². The molecule has 2 rings (SSSR count). The minimum Gasteiger partial charge on any atom is -0.452 e. The van der Waals surface area contributed by atoms with Gasteiger partial charge in [0.05, 0.1) is 18.1 Å². The maximum atomic E-state index is 12.1. The summed E-state index contributed by atoms with van der Waals surface area (Å²) in [6.45, 7) is 1.32. The Labute approximate surface area is 110 Å². The second-order valence-electron chi connectivity index (χ2n) is 4.06. The lowest BCUT2D eigenvalue weighted by molar-refractivity contribution is 0.0698. The molecule has 8 heteroatoms. The molecule has 18 heavy (non-hydrogen) atoms. The first kappa shape index (κ1) is 13.4. The normalized spacial score (nSPS) is 18.0. The molecule has 0 bridgehead atoms. The van der Waals surface area contributed by atoms with Gasteiger partial charge in [0.25, 0.3) is 5.91 Å². The van der Waals surface area contributed by atoms with E-state index in [-0.39, 0.29) is 11.1 Å². The molecule has 0 aromatic carbocycles. The number of nitrogens with zero attached hydrogens (tertiary/aromatic N) is 2. The summed E-state index contributed by atoms with van der Waals surface area (Å²) in [5, 5.41) is 0.0607. The highest BCUT2D eigenvalue weighted by Crippen LogP contribution is 2.19. The molecule has 100 valence electrons. The minimum absolute atomic E-state index is 0.0607. The summed E-state index contributed by atoms with van der Waals surface area (Å²) >= 11 is 5.73. The van der Waals surface area contributed by atoms with Crippen LogP contribution in [-0.2, 0) is 10.0 Å². The molecule has 0 N–H and O–H groups in total. The molecule has 1 fully saturated rings.